The lowest BCUT2D eigenvalue weighted by molar-refractivity contribution is -0.153. The average Bonchev–Trinajstić information content (AvgIpc) is 3.24. The second-order valence-electron chi connectivity index (χ2n) is 8.20. The number of morpholine rings is 1. The molecule has 2 aliphatic heterocycles. The van der Waals surface area contributed by atoms with Crippen LogP contribution in [0, 0.1) is 0 Å². The summed E-state index contributed by atoms with van der Waals surface area (Å²) in [5, 5.41) is 11.9. The number of hydrogen-bond acceptors (Lipinski definition) is 7. The SMILES string of the molecule is O=c1cc(N2CCOCC2)nc2n1CCC(C(F)(F)F)N2C[C@@H](O)c1cc2ccccc2s1. The fraction of sp³-hybridized carbons (Fsp3) is 0.455. The van der Waals surface area contributed by atoms with E-state index < -0.39 is 23.9 Å². The molecule has 4 heterocycles. The second kappa shape index (κ2) is 8.62. The van der Waals surface area contributed by atoms with Gasteiger partial charge in [-0.1, -0.05) is 18.2 Å². The number of thiophene rings is 1. The first-order valence-electron chi connectivity index (χ1n) is 10.8. The van der Waals surface area contributed by atoms with Gasteiger partial charge in [0, 0.05) is 35.3 Å². The molecule has 176 valence electrons. The van der Waals surface area contributed by atoms with Gasteiger partial charge >= 0.3 is 6.18 Å². The number of ether oxygens (including phenoxy) is 1. The van der Waals surface area contributed by atoms with Gasteiger partial charge in [-0.05, 0) is 23.9 Å². The number of nitrogens with zero attached hydrogens (tertiary/aromatic N) is 4. The predicted octanol–water partition coefficient (Wildman–Crippen LogP) is 3.17. The van der Waals surface area contributed by atoms with E-state index in [1.165, 1.54) is 22.0 Å². The summed E-state index contributed by atoms with van der Waals surface area (Å²) in [6.45, 7) is 1.52. The maximum atomic E-state index is 14.0. The number of aliphatic hydroxyl groups is 1. The van der Waals surface area contributed by atoms with Crippen LogP contribution in [0.25, 0.3) is 10.1 Å². The molecule has 0 amide bonds. The van der Waals surface area contributed by atoms with Crippen molar-refractivity contribution >= 4 is 33.2 Å². The summed E-state index contributed by atoms with van der Waals surface area (Å²) >= 11 is 1.34. The Hall–Kier alpha value is -2.63. The summed E-state index contributed by atoms with van der Waals surface area (Å²) in [6, 6.07) is 8.86. The Labute approximate surface area is 191 Å². The van der Waals surface area contributed by atoms with E-state index in [0.717, 1.165) is 15.0 Å². The fourth-order valence-corrected chi connectivity index (χ4v) is 5.45. The Balaban J connectivity index is 1.53. The molecule has 2 aromatic heterocycles. The van der Waals surface area contributed by atoms with Crippen molar-refractivity contribution in [2.24, 2.45) is 0 Å². The maximum absolute atomic E-state index is 14.0. The van der Waals surface area contributed by atoms with E-state index in [-0.39, 0.29) is 25.5 Å². The molecule has 2 atom stereocenters. The van der Waals surface area contributed by atoms with Crippen LogP contribution < -0.4 is 15.4 Å². The largest absolute Gasteiger partial charge is 0.408 e. The van der Waals surface area contributed by atoms with Crippen molar-refractivity contribution in [3.05, 3.63) is 51.6 Å². The minimum atomic E-state index is -4.53. The van der Waals surface area contributed by atoms with E-state index in [1.54, 1.807) is 6.07 Å². The third-order valence-corrected chi connectivity index (χ3v) is 7.31. The molecule has 5 rings (SSSR count). The first-order valence-corrected chi connectivity index (χ1v) is 11.6. The summed E-state index contributed by atoms with van der Waals surface area (Å²) in [5.74, 6) is 0.274. The zero-order valence-corrected chi connectivity index (χ0v) is 18.5. The Kier molecular flexibility index (Phi) is 5.79. The number of hydrogen-bond donors (Lipinski definition) is 1. The first-order chi connectivity index (χ1) is 15.8. The van der Waals surface area contributed by atoms with Gasteiger partial charge in [0.15, 0.2) is 0 Å². The van der Waals surface area contributed by atoms with Crippen molar-refractivity contribution in [2.45, 2.75) is 31.3 Å². The van der Waals surface area contributed by atoms with Crippen LogP contribution in [0.3, 0.4) is 0 Å². The Bertz CT molecular complexity index is 1170. The zero-order valence-electron chi connectivity index (χ0n) is 17.7. The molecule has 0 bridgehead atoms. The molecule has 3 aromatic rings. The molecule has 33 heavy (non-hydrogen) atoms. The fourth-order valence-electron chi connectivity index (χ4n) is 4.40. The second-order valence-corrected chi connectivity index (χ2v) is 9.32. The highest BCUT2D eigenvalue weighted by Crippen LogP contribution is 2.37. The molecule has 1 N–H and O–H groups in total. The molecule has 2 aliphatic rings. The molecular weight excluding hydrogens is 457 g/mol. The molecule has 0 aliphatic carbocycles. The summed E-state index contributed by atoms with van der Waals surface area (Å²) < 4.78 is 49.5. The van der Waals surface area contributed by atoms with Crippen molar-refractivity contribution < 1.29 is 23.0 Å². The zero-order chi connectivity index (χ0) is 23.2. The lowest BCUT2D eigenvalue weighted by Crippen LogP contribution is -2.53. The molecule has 1 saturated heterocycles. The number of aliphatic hydroxyl groups excluding tert-OH is 1. The van der Waals surface area contributed by atoms with Crippen molar-refractivity contribution in [2.75, 3.05) is 42.6 Å². The number of aromatic nitrogens is 2. The quantitative estimate of drug-likeness (QED) is 0.619. The minimum absolute atomic E-state index is 0.0577. The third-order valence-electron chi connectivity index (χ3n) is 6.09. The molecule has 0 saturated carbocycles. The van der Waals surface area contributed by atoms with Crippen LogP contribution in [0.2, 0.25) is 0 Å². The lowest BCUT2D eigenvalue weighted by Gasteiger charge is -2.40. The van der Waals surface area contributed by atoms with Gasteiger partial charge in [-0.3, -0.25) is 9.36 Å². The first kappa shape index (κ1) is 22.2. The van der Waals surface area contributed by atoms with E-state index in [1.807, 2.05) is 29.2 Å². The van der Waals surface area contributed by atoms with E-state index in [2.05, 4.69) is 4.98 Å². The van der Waals surface area contributed by atoms with Crippen molar-refractivity contribution in [3.8, 4) is 0 Å². The Morgan fingerprint density at radius 2 is 1.94 bits per heavy atom. The standard InChI is InChI=1S/C22H23F3N4O3S/c23-22(24,25)18-5-6-28-20(31)12-19(27-7-9-32-10-8-27)26-21(28)29(18)13-15(30)17-11-14-3-1-2-4-16(14)33-17/h1-4,11-12,15,18,30H,5-10,13H2/t15-,18?/m1/s1. The van der Waals surface area contributed by atoms with Gasteiger partial charge in [0.2, 0.25) is 5.95 Å². The highest BCUT2D eigenvalue weighted by Gasteiger charge is 2.47. The van der Waals surface area contributed by atoms with Crippen LogP contribution in [0.4, 0.5) is 24.9 Å². The number of β-amino-alcohol motifs (C(OH)–C–C–N with tert-alkyl or cyclic N) is 1. The molecule has 1 aromatic carbocycles. The lowest BCUT2D eigenvalue weighted by atomic mass is 10.1. The molecule has 1 fully saturated rings. The Morgan fingerprint density at radius 1 is 1.18 bits per heavy atom. The molecule has 7 nitrogen and oxygen atoms in total. The van der Waals surface area contributed by atoms with E-state index >= 15 is 0 Å². The van der Waals surface area contributed by atoms with Gasteiger partial charge in [-0.2, -0.15) is 18.2 Å². The van der Waals surface area contributed by atoms with Crippen LogP contribution in [-0.2, 0) is 11.3 Å². The van der Waals surface area contributed by atoms with E-state index in [9.17, 15) is 23.1 Å². The number of halogens is 3. The summed E-state index contributed by atoms with van der Waals surface area (Å²) in [6.07, 6.45) is -5.98. The monoisotopic (exact) mass is 480 g/mol. The number of anilines is 2. The number of fused-ring (bicyclic) bond motifs is 2. The molecule has 0 spiro atoms. The summed E-state index contributed by atoms with van der Waals surface area (Å²) in [7, 11) is 0. The number of alkyl halides is 3. The number of benzene rings is 1. The summed E-state index contributed by atoms with van der Waals surface area (Å²) in [5.41, 5.74) is -0.400. The van der Waals surface area contributed by atoms with E-state index in [4.69, 9.17) is 4.74 Å². The topological polar surface area (TPSA) is 70.8 Å². The average molecular weight is 481 g/mol. The molecule has 1 unspecified atom stereocenters. The van der Waals surface area contributed by atoms with Gasteiger partial charge < -0.3 is 19.6 Å². The van der Waals surface area contributed by atoms with Crippen LogP contribution in [-0.4, -0.2) is 59.7 Å². The van der Waals surface area contributed by atoms with Gasteiger partial charge in [-0.25, -0.2) is 0 Å². The van der Waals surface area contributed by atoms with Crippen LogP contribution in [0.5, 0.6) is 0 Å². The van der Waals surface area contributed by atoms with Gasteiger partial charge in [0.25, 0.3) is 5.56 Å². The van der Waals surface area contributed by atoms with Crippen molar-refractivity contribution in [3.63, 3.8) is 0 Å². The number of rotatable bonds is 4. The Morgan fingerprint density at radius 3 is 2.67 bits per heavy atom. The van der Waals surface area contributed by atoms with Gasteiger partial charge in [-0.15, -0.1) is 11.3 Å². The van der Waals surface area contributed by atoms with Crippen LogP contribution >= 0.6 is 11.3 Å². The minimum Gasteiger partial charge on any atom is -0.386 e. The maximum Gasteiger partial charge on any atom is 0.408 e. The van der Waals surface area contributed by atoms with Crippen molar-refractivity contribution in [1.29, 1.82) is 0 Å². The highest BCUT2D eigenvalue weighted by atomic mass is 32.1. The molecule has 11 heteroatoms. The van der Waals surface area contributed by atoms with Crippen LogP contribution in [0.1, 0.15) is 17.4 Å². The highest BCUT2D eigenvalue weighted by molar-refractivity contribution is 7.19. The van der Waals surface area contributed by atoms with Gasteiger partial charge in [0.1, 0.15) is 18.0 Å². The van der Waals surface area contributed by atoms with Crippen molar-refractivity contribution in [1.82, 2.24) is 9.55 Å². The molecular formula is C22H23F3N4O3S. The normalized spacial score (nSPS) is 20.2. The predicted molar refractivity (Wildman–Crippen MR) is 120 cm³/mol. The smallest absolute Gasteiger partial charge is 0.386 e. The van der Waals surface area contributed by atoms with E-state index in [0.29, 0.717) is 37.0 Å². The summed E-state index contributed by atoms with van der Waals surface area (Å²) in [4.78, 5) is 20.7. The third kappa shape index (κ3) is 4.32. The van der Waals surface area contributed by atoms with Crippen LogP contribution in [0.15, 0.2) is 41.2 Å². The van der Waals surface area contributed by atoms with Gasteiger partial charge in [0.05, 0.1) is 19.8 Å². The molecule has 0 radical (unpaired) electrons.